The zero-order valence-corrected chi connectivity index (χ0v) is 13.1. The third kappa shape index (κ3) is 4.65. The smallest absolute Gasteiger partial charge is 0.0426 e. The molecule has 1 aromatic rings. The van der Waals surface area contributed by atoms with E-state index in [0.717, 1.165) is 50.6 Å². The van der Waals surface area contributed by atoms with E-state index in [4.69, 9.17) is 17.3 Å². The molecular formula is C16H26ClN3. The molecule has 1 aliphatic rings. The predicted octanol–water partition coefficient (Wildman–Crippen LogP) is 2.98. The summed E-state index contributed by atoms with van der Waals surface area (Å²) in [4.78, 5) is 4.94. The Kier molecular flexibility index (Phi) is 6.14. The molecule has 2 rings (SSSR count). The first-order chi connectivity index (χ1) is 9.69. The van der Waals surface area contributed by atoms with Gasteiger partial charge in [0.1, 0.15) is 0 Å². The van der Waals surface area contributed by atoms with Gasteiger partial charge in [-0.05, 0) is 37.6 Å². The van der Waals surface area contributed by atoms with Crippen LogP contribution in [0, 0.1) is 0 Å². The van der Waals surface area contributed by atoms with Crippen LogP contribution in [-0.2, 0) is 0 Å². The van der Waals surface area contributed by atoms with Crippen LogP contribution in [0.5, 0.6) is 0 Å². The minimum absolute atomic E-state index is 0.367. The van der Waals surface area contributed by atoms with Gasteiger partial charge in [0.2, 0.25) is 0 Å². The van der Waals surface area contributed by atoms with Crippen molar-refractivity contribution in [3.8, 4) is 0 Å². The van der Waals surface area contributed by atoms with Crippen molar-refractivity contribution in [3.05, 3.63) is 29.3 Å². The maximum Gasteiger partial charge on any atom is 0.0426 e. The summed E-state index contributed by atoms with van der Waals surface area (Å²) in [6, 6.07) is 8.50. The predicted molar refractivity (Wildman–Crippen MR) is 87.6 cm³/mol. The topological polar surface area (TPSA) is 32.5 Å². The molecule has 3 nitrogen and oxygen atoms in total. The molecule has 0 saturated carbocycles. The number of benzene rings is 1. The first-order valence-electron chi connectivity index (χ1n) is 7.67. The lowest BCUT2D eigenvalue weighted by Crippen LogP contribution is -2.47. The lowest BCUT2D eigenvalue weighted by Gasteiger charge is -2.36. The van der Waals surface area contributed by atoms with E-state index < -0.39 is 0 Å². The Morgan fingerprint density at radius 3 is 2.60 bits per heavy atom. The number of anilines is 1. The van der Waals surface area contributed by atoms with Gasteiger partial charge >= 0.3 is 0 Å². The van der Waals surface area contributed by atoms with Gasteiger partial charge in [-0.2, -0.15) is 0 Å². The molecule has 0 aromatic heterocycles. The van der Waals surface area contributed by atoms with Gasteiger partial charge in [-0.25, -0.2) is 0 Å². The van der Waals surface area contributed by atoms with Gasteiger partial charge < -0.3 is 10.6 Å². The van der Waals surface area contributed by atoms with Crippen molar-refractivity contribution in [2.45, 2.75) is 32.2 Å². The van der Waals surface area contributed by atoms with Gasteiger partial charge in [-0.15, -0.1) is 0 Å². The van der Waals surface area contributed by atoms with E-state index in [-0.39, 0.29) is 0 Å². The van der Waals surface area contributed by atoms with E-state index in [1.165, 1.54) is 12.1 Å². The Morgan fingerprint density at radius 2 is 1.95 bits per heavy atom. The molecule has 1 unspecified atom stereocenters. The fourth-order valence-electron chi connectivity index (χ4n) is 2.77. The summed E-state index contributed by atoms with van der Waals surface area (Å²) in [6.45, 7) is 7.71. The SMILES string of the molecule is CCCC(N)CCN1CCN(c2cccc(Cl)c2)CC1. The average Bonchev–Trinajstić information content (AvgIpc) is 2.46. The molecular weight excluding hydrogens is 270 g/mol. The Hall–Kier alpha value is -0.770. The second-order valence-electron chi connectivity index (χ2n) is 5.65. The Balaban J connectivity index is 1.75. The van der Waals surface area contributed by atoms with E-state index in [9.17, 15) is 0 Å². The van der Waals surface area contributed by atoms with Crippen LogP contribution in [0.4, 0.5) is 5.69 Å². The van der Waals surface area contributed by atoms with Gasteiger partial charge in [0.25, 0.3) is 0 Å². The fraction of sp³-hybridized carbons (Fsp3) is 0.625. The molecule has 0 amide bonds. The summed E-state index contributed by atoms with van der Waals surface area (Å²) < 4.78 is 0. The maximum absolute atomic E-state index is 6.08. The highest BCUT2D eigenvalue weighted by atomic mass is 35.5. The standard InChI is InChI=1S/C16H26ClN3/c1-2-4-15(18)7-8-19-9-11-20(12-10-19)16-6-3-5-14(17)13-16/h3,5-6,13,15H,2,4,7-12,18H2,1H3. The third-order valence-electron chi connectivity index (χ3n) is 4.02. The summed E-state index contributed by atoms with van der Waals surface area (Å²) in [5.74, 6) is 0. The number of hydrogen-bond donors (Lipinski definition) is 1. The lowest BCUT2D eigenvalue weighted by molar-refractivity contribution is 0.246. The second kappa shape index (κ2) is 7.87. The number of nitrogens with two attached hydrogens (primary N) is 1. The van der Waals surface area contributed by atoms with Crippen LogP contribution >= 0.6 is 11.6 Å². The summed E-state index contributed by atoms with van der Waals surface area (Å²) in [5.41, 5.74) is 7.32. The second-order valence-corrected chi connectivity index (χ2v) is 6.08. The minimum atomic E-state index is 0.367. The molecule has 112 valence electrons. The van der Waals surface area contributed by atoms with Gasteiger partial charge in [-0.1, -0.05) is 31.0 Å². The van der Waals surface area contributed by atoms with E-state index in [1.807, 2.05) is 18.2 Å². The lowest BCUT2D eigenvalue weighted by atomic mass is 10.1. The van der Waals surface area contributed by atoms with Crippen molar-refractivity contribution < 1.29 is 0 Å². The van der Waals surface area contributed by atoms with E-state index in [2.05, 4.69) is 22.8 Å². The molecule has 1 aliphatic heterocycles. The molecule has 0 spiro atoms. The molecule has 1 saturated heterocycles. The summed E-state index contributed by atoms with van der Waals surface area (Å²) in [6.07, 6.45) is 3.44. The van der Waals surface area contributed by atoms with Crippen LogP contribution < -0.4 is 10.6 Å². The zero-order valence-electron chi connectivity index (χ0n) is 12.4. The van der Waals surface area contributed by atoms with Gasteiger partial charge in [0.05, 0.1) is 0 Å². The molecule has 4 heteroatoms. The van der Waals surface area contributed by atoms with Crippen molar-refractivity contribution >= 4 is 17.3 Å². The van der Waals surface area contributed by atoms with Crippen LogP contribution in [0.2, 0.25) is 5.02 Å². The van der Waals surface area contributed by atoms with Crippen LogP contribution in [0.1, 0.15) is 26.2 Å². The number of piperazine rings is 1. The highest BCUT2D eigenvalue weighted by Crippen LogP contribution is 2.20. The van der Waals surface area contributed by atoms with Crippen LogP contribution in [0.25, 0.3) is 0 Å². The number of rotatable bonds is 6. The molecule has 1 heterocycles. The Bertz CT molecular complexity index is 402. The number of halogens is 1. The molecule has 0 radical (unpaired) electrons. The zero-order chi connectivity index (χ0) is 14.4. The normalized spacial score (nSPS) is 18.2. The maximum atomic E-state index is 6.08. The molecule has 1 aromatic carbocycles. The quantitative estimate of drug-likeness (QED) is 0.876. The minimum Gasteiger partial charge on any atom is -0.369 e. The Labute approximate surface area is 127 Å². The fourth-order valence-corrected chi connectivity index (χ4v) is 2.95. The Morgan fingerprint density at radius 1 is 1.20 bits per heavy atom. The molecule has 1 fully saturated rings. The van der Waals surface area contributed by atoms with Crippen LogP contribution in [0.3, 0.4) is 0 Å². The largest absolute Gasteiger partial charge is 0.369 e. The molecule has 1 atom stereocenters. The van der Waals surface area contributed by atoms with Crippen LogP contribution in [0.15, 0.2) is 24.3 Å². The highest BCUT2D eigenvalue weighted by molar-refractivity contribution is 6.30. The molecule has 2 N–H and O–H groups in total. The third-order valence-corrected chi connectivity index (χ3v) is 4.26. The summed E-state index contributed by atoms with van der Waals surface area (Å²) in [7, 11) is 0. The first-order valence-corrected chi connectivity index (χ1v) is 8.05. The highest BCUT2D eigenvalue weighted by Gasteiger charge is 2.17. The molecule has 20 heavy (non-hydrogen) atoms. The van der Waals surface area contributed by atoms with Crippen molar-refractivity contribution in [2.75, 3.05) is 37.6 Å². The van der Waals surface area contributed by atoms with E-state index >= 15 is 0 Å². The number of hydrogen-bond acceptors (Lipinski definition) is 3. The monoisotopic (exact) mass is 295 g/mol. The van der Waals surface area contributed by atoms with E-state index in [1.54, 1.807) is 0 Å². The van der Waals surface area contributed by atoms with Gasteiger partial charge in [0.15, 0.2) is 0 Å². The molecule has 0 aliphatic carbocycles. The van der Waals surface area contributed by atoms with Crippen LogP contribution in [-0.4, -0.2) is 43.7 Å². The average molecular weight is 296 g/mol. The van der Waals surface area contributed by atoms with Crippen molar-refractivity contribution in [2.24, 2.45) is 5.73 Å². The first kappa shape index (κ1) is 15.6. The summed E-state index contributed by atoms with van der Waals surface area (Å²) >= 11 is 6.06. The van der Waals surface area contributed by atoms with Crippen molar-refractivity contribution in [3.63, 3.8) is 0 Å². The van der Waals surface area contributed by atoms with Crippen molar-refractivity contribution in [1.29, 1.82) is 0 Å². The number of nitrogens with zero attached hydrogens (tertiary/aromatic N) is 2. The summed E-state index contributed by atoms with van der Waals surface area (Å²) in [5, 5.41) is 0.815. The van der Waals surface area contributed by atoms with Gasteiger partial charge in [0, 0.05) is 42.9 Å². The van der Waals surface area contributed by atoms with E-state index in [0.29, 0.717) is 6.04 Å². The van der Waals surface area contributed by atoms with Gasteiger partial charge in [-0.3, -0.25) is 4.90 Å². The molecule has 0 bridgehead atoms. The van der Waals surface area contributed by atoms with Crippen molar-refractivity contribution in [1.82, 2.24) is 4.90 Å².